The number of fused-ring (bicyclic) bond motifs is 2. The van der Waals surface area contributed by atoms with Crippen LogP contribution >= 0.6 is 0 Å². The smallest absolute Gasteiger partial charge is 0.127 e. The topological polar surface area (TPSA) is 30.8 Å². The SMILES string of the molecule is C=C1c2cc(C3=C/C=C/C=C/N=C3)ccc2OC2(CCC2)C12COC2. The van der Waals surface area contributed by atoms with Crippen molar-refractivity contribution >= 4 is 17.4 Å². The molecule has 1 saturated carbocycles. The van der Waals surface area contributed by atoms with E-state index in [1.54, 1.807) is 6.20 Å². The highest BCUT2D eigenvalue weighted by atomic mass is 16.5. The third-order valence-corrected chi connectivity index (χ3v) is 6.14. The summed E-state index contributed by atoms with van der Waals surface area (Å²) in [7, 11) is 0. The van der Waals surface area contributed by atoms with E-state index in [1.165, 1.54) is 12.0 Å². The summed E-state index contributed by atoms with van der Waals surface area (Å²) in [5.74, 6) is 0.963. The second kappa shape index (κ2) is 5.30. The molecule has 2 spiro atoms. The Morgan fingerprint density at radius 2 is 1.96 bits per heavy atom. The molecule has 0 radical (unpaired) electrons. The molecule has 0 N–H and O–H groups in total. The molecule has 25 heavy (non-hydrogen) atoms. The molecule has 126 valence electrons. The van der Waals surface area contributed by atoms with Crippen molar-refractivity contribution in [1.29, 1.82) is 0 Å². The fourth-order valence-corrected chi connectivity index (χ4v) is 4.36. The maximum Gasteiger partial charge on any atom is 0.127 e. The second-order valence-corrected chi connectivity index (χ2v) is 7.34. The quantitative estimate of drug-likeness (QED) is 0.755. The second-order valence-electron chi connectivity index (χ2n) is 7.34. The standard InChI is InChI=1S/C22H21NO2/c1-16-19-12-17(18-6-3-2-4-11-23-13-18)7-8-20(19)25-22(9-5-10-22)21(16)14-24-15-21/h2-4,6-8,11-13H,1,5,9-10,14-15H2/b3-2+,4-2?,6-3?,11-4+,18-6?,18-13?,23-11?,23-13?. The highest BCUT2D eigenvalue weighted by molar-refractivity contribution is 6.10. The van der Waals surface area contributed by atoms with Gasteiger partial charge in [-0.05, 0) is 54.2 Å². The fourth-order valence-electron chi connectivity index (χ4n) is 4.36. The van der Waals surface area contributed by atoms with E-state index in [0.29, 0.717) is 0 Å². The Bertz CT molecular complexity index is 864. The highest BCUT2D eigenvalue weighted by Crippen LogP contribution is 2.62. The van der Waals surface area contributed by atoms with Gasteiger partial charge in [0, 0.05) is 18.0 Å². The van der Waals surface area contributed by atoms with Gasteiger partial charge in [0.1, 0.15) is 11.4 Å². The van der Waals surface area contributed by atoms with Crippen LogP contribution < -0.4 is 4.74 Å². The molecular formula is C22H21NO2. The van der Waals surface area contributed by atoms with Crippen LogP contribution in [0.2, 0.25) is 0 Å². The van der Waals surface area contributed by atoms with Crippen molar-refractivity contribution in [1.82, 2.24) is 0 Å². The van der Waals surface area contributed by atoms with Crippen molar-refractivity contribution in [2.75, 3.05) is 13.2 Å². The van der Waals surface area contributed by atoms with Gasteiger partial charge in [0.05, 0.1) is 18.6 Å². The molecule has 1 aromatic rings. The molecule has 4 aliphatic rings. The number of nitrogens with zero attached hydrogens (tertiary/aromatic N) is 1. The van der Waals surface area contributed by atoms with Gasteiger partial charge < -0.3 is 9.47 Å². The molecule has 3 aliphatic heterocycles. The molecule has 0 aromatic heterocycles. The summed E-state index contributed by atoms with van der Waals surface area (Å²) in [4.78, 5) is 4.32. The first-order valence-electron chi connectivity index (χ1n) is 8.92. The lowest BCUT2D eigenvalue weighted by Crippen LogP contribution is -2.67. The highest BCUT2D eigenvalue weighted by Gasteiger charge is 2.64. The van der Waals surface area contributed by atoms with Gasteiger partial charge in [0.2, 0.25) is 0 Å². The van der Waals surface area contributed by atoms with Crippen molar-refractivity contribution in [2.24, 2.45) is 10.4 Å². The van der Waals surface area contributed by atoms with Crippen molar-refractivity contribution in [3.63, 3.8) is 0 Å². The molecule has 3 nitrogen and oxygen atoms in total. The molecule has 0 bridgehead atoms. The Labute approximate surface area is 148 Å². The van der Waals surface area contributed by atoms with Crippen molar-refractivity contribution in [3.8, 4) is 5.75 Å². The monoisotopic (exact) mass is 331 g/mol. The number of hydrogen-bond acceptors (Lipinski definition) is 3. The van der Waals surface area contributed by atoms with Crippen LogP contribution in [0.15, 0.2) is 60.3 Å². The lowest BCUT2D eigenvalue weighted by Gasteiger charge is -2.62. The number of allylic oxidation sites excluding steroid dienone is 5. The Morgan fingerprint density at radius 3 is 2.68 bits per heavy atom. The Kier molecular flexibility index (Phi) is 3.16. The van der Waals surface area contributed by atoms with Gasteiger partial charge >= 0.3 is 0 Å². The first kappa shape index (κ1) is 14.9. The molecule has 0 atom stereocenters. The van der Waals surface area contributed by atoms with Gasteiger partial charge in [-0.3, -0.25) is 4.99 Å². The molecule has 0 amide bonds. The van der Waals surface area contributed by atoms with E-state index >= 15 is 0 Å². The minimum atomic E-state index is -0.0919. The number of benzene rings is 1. The number of aliphatic imine (C=N–C) groups is 1. The number of ether oxygens (including phenoxy) is 2. The third kappa shape index (κ3) is 1.99. The first-order valence-corrected chi connectivity index (χ1v) is 8.92. The van der Waals surface area contributed by atoms with E-state index < -0.39 is 0 Å². The zero-order valence-electron chi connectivity index (χ0n) is 14.2. The van der Waals surface area contributed by atoms with Crippen LogP contribution in [-0.2, 0) is 4.74 Å². The number of rotatable bonds is 1. The molecule has 1 saturated heterocycles. The minimum absolute atomic E-state index is 0.0388. The minimum Gasteiger partial charge on any atom is -0.486 e. The summed E-state index contributed by atoms with van der Waals surface area (Å²) < 4.78 is 12.2. The van der Waals surface area contributed by atoms with Crippen LogP contribution in [0.5, 0.6) is 5.75 Å². The van der Waals surface area contributed by atoms with Crippen LogP contribution in [0.4, 0.5) is 0 Å². The molecule has 3 heterocycles. The predicted molar refractivity (Wildman–Crippen MR) is 101 cm³/mol. The van der Waals surface area contributed by atoms with E-state index in [1.807, 2.05) is 24.4 Å². The summed E-state index contributed by atoms with van der Waals surface area (Å²) in [5, 5.41) is 0. The zero-order valence-corrected chi connectivity index (χ0v) is 14.2. The van der Waals surface area contributed by atoms with Crippen molar-refractivity contribution in [3.05, 3.63) is 66.4 Å². The summed E-state index contributed by atoms with van der Waals surface area (Å²) in [6, 6.07) is 6.40. The van der Waals surface area contributed by atoms with E-state index in [-0.39, 0.29) is 11.0 Å². The maximum atomic E-state index is 6.55. The Balaban J connectivity index is 1.58. The normalized spacial score (nSPS) is 27.2. The van der Waals surface area contributed by atoms with Crippen LogP contribution in [0.3, 0.4) is 0 Å². The van der Waals surface area contributed by atoms with Crippen LogP contribution in [0, 0.1) is 5.41 Å². The molecule has 1 aliphatic carbocycles. The molecule has 0 unspecified atom stereocenters. The first-order chi connectivity index (χ1) is 12.2. The Morgan fingerprint density at radius 1 is 1.08 bits per heavy atom. The van der Waals surface area contributed by atoms with Crippen molar-refractivity contribution < 1.29 is 9.47 Å². The van der Waals surface area contributed by atoms with Gasteiger partial charge in [0.25, 0.3) is 0 Å². The predicted octanol–water partition coefficient (Wildman–Crippen LogP) is 4.57. The Hall–Kier alpha value is -2.39. The summed E-state index contributed by atoms with van der Waals surface area (Å²) in [6.45, 7) is 5.95. The van der Waals surface area contributed by atoms with E-state index in [9.17, 15) is 0 Å². The summed E-state index contributed by atoms with van der Waals surface area (Å²) >= 11 is 0. The lowest BCUT2D eigenvalue weighted by atomic mass is 9.54. The van der Waals surface area contributed by atoms with Crippen LogP contribution in [0.1, 0.15) is 30.4 Å². The molecule has 5 rings (SSSR count). The third-order valence-electron chi connectivity index (χ3n) is 6.14. The zero-order chi connectivity index (χ0) is 16.9. The average Bonchev–Trinajstić information content (AvgIpc) is 2.51. The van der Waals surface area contributed by atoms with Crippen LogP contribution in [0.25, 0.3) is 11.1 Å². The summed E-state index contributed by atoms with van der Waals surface area (Å²) in [6.07, 6.45) is 15.1. The molecule has 3 heteroatoms. The van der Waals surface area contributed by atoms with Gasteiger partial charge in [-0.2, -0.15) is 0 Å². The van der Waals surface area contributed by atoms with E-state index in [2.05, 4.69) is 35.8 Å². The average molecular weight is 331 g/mol. The van der Waals surface area contributed by atoms with Gasteiger partial charge in [-0.15, -0.1) is 0 Å². The molecular weight excluding hydrogens is 310 g/mol. The summed E-state index contributed by atoms with van der Waals surface area (Å²) in [5.41, 5.74) is 4.38. The van der Waals surface area contributed by atoms with Crippen LogP contribution in [-0.4, -0.2) is 25.0 Å². The van der Waals surface area contributed by atoms with E-state index in [0.717, 1.165) is 48.5 Å². The van der Waals surface area contributed by atoms with E-state index in [4.69, 9.17) is 9.47 Å². The van der Waals surface area contributed by atoms with Gasteiger partial charge in [-0.1, -0.05) is 30.9 Å². The lowest BCUT2D eigenvalue weighted by molar-refractivity contribution is -0.209. The molecule has 2 fully saturated rings. The number of hydrogen-bond donors (Lipinski definition) is 0. The van der Waals surface area contributed by atoms with Gasteiger partial charge in [0.15, 0.2) is 0 Å². The maximum absolute atomic E-state index is 6.55. The molecule has 1 aromatic carbocycles. The van der Waals surface area contributed by atoms with Crippen molar-refractivity contribution in [2.45, 2.75) is 24.9 Å². The fraction of sp³-hybridized carbons (Fsp3) is 0.318. The van der Waals surface area contributed by atoms with Gasteiger partial charge in [-0.25, -0.2) is 0 Å². The largest absolute Gasteiger partial charge is 0.486 e.